The summed E-state index contributed by atoms with van der Waals surface area (Å²) in [4.78, 5) is 28.1. The molecule has 0 saturated carbocycles. The lowest BCUT2D eigenvalue weighted by molar-refractivity contribution is -0.142. The lowest BCUT2D eigenvalue weighted by Gasteiger charge is -2.06. The molecule has 0 unspecified atom stereocenters. The van der Waals surface area contributed by atoms with E-state index in [1.165, 1.54) is 23.1 Å². The fourth-order valence-electron chi connectivity index (χ4n) is 2.40. The Labute approximate surface area is 189 Å². The summed E-state index contributed by atoms with van der Waals surface area (Å²) < 4.78 is 12.8. The van der Waals surface area contributed by atoms with Crippen molar-refractivity contribution in [2.45, 2.75) is 25.0 Å². The van der Waals surface area contributed by atoms with Gasteiger partial charge in [0.15, 0.2) is 20.7 Å². The van der Waals surface area contributed by atoms with E-state index in [1.807, 2.05) is 4.57 Å². The lowest BCUT2D eigenvalue weighted by atomic mass is 10.3. The number of amides is 1. The molecule has 0 aliphatic rings. The van der Waals surface area contributed by atoms with Gasteiger partial charge in [0.05, 0.1) is 24.5 Å². The molecule has 1 N–H and O–H groups in total. The van der Waals surface area contributed by atoms with Gasteiger partial charge in [-0.1, -0.05) is 17.8 Å². The highest BCUT2D eigenvalue weighted by molar-refractivity contribution is 9.10. The minimum atomic E-state index is -0.350. The number of carbonyl (C=O) groups excluding carboxylic acids is 2. The smallest absolute Gasteiger partial charge is 0.311 e. The normalized spacial score (nSPS) is 10.7. The number of aromatic nitrogens is 4. The summed E-state index contributed by atoms with van der Waals surface area (Å²) in [7, 11) is 0. The first kappa shape index (κ1) is 22.2. The van der Waals surface area contributed by atoms with Crippen LogP contribution < -0.4 is 5.32 Å². The molecule has 158 valence electrons. The van der Waals surface area contributed by atoms with Gasteiger partial charge in [-0.05, 0) is 35.0 Å². The van der Waals surface area contributed by atoms with Gasteiger partial charge in [0.25, 0.3) is 0 Å². The minimum absolute atomic E-state index is 0.0747. The van der Waals surface area contributed by atoms with E-state index in [0.717, 1.165) is 0 Å². The van der Waals surface area contributed by atoms with Crippen molar-refractivity contribution in [3.05, 3.63) is 40.5 Å². The Hall–Kier alpha value is -2.44. The highest BCUT2D eigenvalue weighted by Crippen LogP contribution is 2.27. The first-order chi connectivity index (χ1) is 14.5. The maximum atomic E-state index is 12.3. The molecular formula is C18H18BrN5O4S2. The summed E-state index contributed by atoms with van der Waals surface area (Å²) in [6.45, 7) is 6.29. The van der Waals surface area contributed by atoms with Crippen LogP contribution in [0, 0.1) is 0 Å². The van der Waals surface area contributed by atoms with Gasteiger partial charge in [0.2, 0.25) is 11.7 Å². The van der Waals surface area contributed by atoms with Gasteiger partial charge in [-0.25, -0.2) is 4.98 Å². The van der Waals surface area contributed by atoms with E-state index in [9.17, 15) is 9.59 Å². The molecule has 3 heterocycles. The number of halogens is 1. The summed E-state index contributed by atoms with van der Waals surface area (Å²) in [6.07, 6.45) is 1.79. The summed E-state index contributed by atoms with van der Waals surface area (Å²) in [5, 5.41) is 13.8. The van der Waals surface area contributed by atoms with Crippen molar-refractivity contribution in [3.63, 3.8) is 0 Å². The Balaban J connectivity index is 1.60. The first-order valence-electron chi connectivity index (χ1n) is 8.82. The fourth-order valence-corrected chi connectivity index (χ4v) is 4.18. The maximum Gasteiger partial charge on any atom is 0.311 e. The Morgan fingerprint density at radius 2 is 2.27 bits per heavy atom. The predicted octanol–water partition coefficient (Wildman–Crippen LogP) is 3.78. The second-order valence-corrected chi connectivity index (χ2v) is 8.35. The second kappa shape index (κ2) is 10.5. The molecule has 12 heteroatoms. The molecule has 0 radical (unpaired) electrons. The Morgan fingerprint density at radius 1 is 1.43 bits per heavy atom. The molecule has 3 rings (SSSR count). The molecule has 0 bridgehead atoms. The molecule has 3 aromatic heterocycles. The molecule has 0 spiro atoms. The van der Waals surface area contributed by atoms with Crippen LogP contribution in [-0.2, 0) is 27.3 Å². The number of hydrogen-bond acceptors (Lipinski definition) is 9. The second-order valence-electron chi connectivity index (χ2n) is 5.77. The zero-order chi connectivity index (χ0) is 21.5. The van der Waals surface area contributed by atoms with Crippen molar-refractivity contribution < 1.29 is 18.7 Å². The Morgan fingerprint density at radius 3 is 2.97 bits per heavy atom. The summed E-state index contributed by atoms with van der Waals surface area (Å²) in [5.41, 5.74) is 0.557. The van der Waals surface area contributed by atoms with Crippen LogP contribution in [0.4, 0.5) is 5.13 Å². The van der Waals surface area contributed by atoms with Crippen LogP contribution >= 0.6 is 39.0 Å². The number of nitrogens with one attached hydrogen (secondary N) is 1. The summed E-state index contributed by atoms with van der Waals surface area (Å²) in [5.74, 6) is 0.630. The van der Waals surface area contributed by atoms with Crippen LogP contribution in [0.3, 0.4) is 0 Å². The number of thioether (sulfide) groups is 1. The zero-order valence-electron chi connectivity index (χ0n) is 16.0. The van der Waals surface area contributed by atoms with Gasteiger partial charge in [0, 0.05) is 11.9 Å². The number of hydrogen-bond donors (Lipinski definition) is 1. The van der Waals surface area contributed by atoms with Gasteiger partial charge in [-0.15, -0.1) is 28.1 Å². The molecular weight excluding hydrogens is 494 g/mol. The number of carbonyl (C=O) groups is 2. The van der Waals surface area contributed by atoms with Crippen LogP contribution in [0.5, 0.6) is 0 Å². The SMILES string of the molecule is C=CCn1c(SCC(=O)Nc2nc(CC(=O)OCC)cs2)nnc1-c1ccc(Br)o1. The number of nitrogens with zero attached hydrogens (tertiary/aromatic N) is 4. The highest BCUT2D eigenvalue weighted by atomic mass is 79.9. The average Bonchev–Trinajstić information content (AvgIpc) is 3.41. The van der Waals surface area contributed by atoms with Gasteiger partial charge in [-0.3, -0.25) is 14.2 Å². The van der Waals surface area contributed by atoms with Crippen molar-refractivity contribution in [2.75, 3.05) is 17.7 Å². The molecule has 0 aliphatic carbocycles. The third kappa shape index (κ3) is 5.80. The zero-order valence-corrected chi connectivity index (χ0v) is 19.2. The van der Waals surface area contributed by atoms with Crippen molar-refractivity contribution in [1.82, 2.24) is 19.7 Å². The molecule has 0 saturated heterocycles. The van der Waals surface area contributed by atoms with E-state index in [4.69, 9.17) is 9.15 Å². The van der Waals surface area contributed by atoms with E-state index < -0.39 is 0 Å². The van der Waals surface area contributed by atoms with Gasteiger partial charge < -0.3 is 14.5 Å². The maximum absolute atomic E-state index is 12.3. The van der Waals surface area contributed by atoms with Gasteiger partial charge in [0.1, 0.15) is 0 Å². The molecule has 30 heavy (non-hydrogen) atoms. The molecule has 0 atom stereocenters. The molecule has 9 nitrogen and oxygen atoms in total. The van der Waals surface area contributed by atoms with Crippen molar-refractivity contribution in [3.8, 4) is 11.6 Å². The van der Waals surface area contributed by atoms with Gasteiger partial charge >= 0.3 is 5.97 Å². The number of rotatable bonds is 10. The number of esters is 1. The number of thiazole rings is 1. The highest BCUT2D eigenvalue weighted by Gasteiger charge is 2.18. The quantitative estimate of drug-likeness (QED) is 0.248. The third-order valence-corrected chi connectivity index (χ3v) is 5.78. The Kier molecular flexibility index (Phi) is 7.82. The minimum Gasteiger partial charge on any atom is -0.466 e. The van der Waals surface area contributed by atoms with Crippen molar-refractivity contribution in [2.24, 2.45) is 0 Å². The first-order valence-corrected chi connectivity index (χ1v) is 11.5. The van der Waals surface area contributed by atoms with Crippen molar-refractivity contribution in [1.29, 1.82) is 0 Å². The molecule has 0 aliphatic heterocycles. The standard InChI is InChI=1S/C18H18BrN5O4S2/c1-3-7-24-16(12-5-6-13(19)28-12)22-23-18(24)30-10-14(25)21-17-20-11(9-29-17)8-15(26)27-4-2/h3,5-6,9H,1,4,7-8,10H2,2H3,(H,20,21,25). The van der Waals surface area contributed by atoms with Crippen LogP contribution in [-0.4, -0.2) is 44.0 Å². The fraction of sp³-hybridized carbons (Fsp3) is 0.278. The van der Waals surface area contributed by atoms with Crippen LogP contribution in [0.1, 0.15) is 12.6 Å². The largest absolute Gasteiger partial charge is 0.466 e. The van der Waals surface area contributed by atoms with E-state index in [2.05, 4.69) is 43.0 Å². The van der Waals surface area contributed by atoms with E-state index in [1.54, 1.807) is 30.5 Å². The van der Waals surface area contributed by atoms with E-state index in [-0.39, 0.29) is 24.1 Å². The molecule has 0 fully saturated rings. The third-order valence-electron chi connectivity index (χ3n) is 3.58. The van der Waals surface area contributed by atoms with E-state index >= 15 is 0 Å². The number of furan rings is 1. The predicted molar refractivity (Wildman–Crippen MR) is 117 cm³/mol. The van der Waals surface area contributed by atoms with Crippen LogP contribution in [0.15, 0.2) is 44.4 Å². The molecule has 0 aromatic carbocycles. The monoisotopic (exact) mass is 511 g/mol. The van der Waals surface area contributed by atoms with Crippen LogP contribution in [0.25, 0.3) is 11.6 Å². The summed E-state index contributed by atoms with van der Waals surface area (Å²) >= 11 is 5.76. The van der Waals surface area contributed by atoms with Gasteiger partial charge in [-0.2, -0.15) is 0 Å². The van der Waals surface area contributed by atoms with Crippen LogP contribution in [0.2, 0.25) is 0 Å². The number of anilines is 1. The topological polar surface area (TPSA) is 112 Å². The number of ether oxygens (including phenoxy) is 1. The molecule has 3 aromatic rings. The Bertz CT molecular complexity index is 1050. The van der Waals surface area contributed by atoms with E-state index in [0.29, 0.717) is 45.4 Å². The molecule has 1 amide bonds. The lowest BCUT2D eigenvalue weighted by Crippen LogP contribution is -2.15. The van der Waals surface area contributed by atoms with Crippen molar-refractivity contribution >= 4 is 56.0 Å². The summed E-state index contributed by atoms with van der Waals surface area (Å²) in [6, 6.07) is 3.55. The number of allylic oxidation sites excluding steroid dienone is 1. The average molecular weight is 512 g/mol.